The number of ether oxygens (including phenoxy) is 2. The summed E-state index contributed by atoms with van der Waals surface area (Å²) in [7, 11) is 0. The van der Waals surface area contributed by atoms with Gasteiger partial charge in [0.2, 0.25) is 0 Å². The summed E-state index contributed by atoms with van der Waals surface area (Å²) in [5.41, 5.74) is 0.595. The Morgan fingerprint density at radius 1 is 1.24 bits per heavy atom. The van der Waals surface area contributed by atoms with Gasteiger partial charge in [-0.05, 0) is 30.7 Å². The Morgan fingerprint density at radius 2 is 1.90 bits per heavy atom. The molecule has 1 rings (SSSR count). The third kappa shape index (κ3) is 8.41. The predicted molar refractivity (Wildman–Crippen MR) is 73.3 cm³/mol. The lowest BCUT2D eigenvalue weighted by Crippen LogP contribution is -2.25. The van der Waals surface area contributed by atoms with Crippen LogP contribution >= 0.6 is 0 Å². The van der Waals surface area contributed by atoms with Crippen molar-refractivity contribution < 1.29 is 27.8 Å². The lowest BCUT2D eigenvalue weighted by molar-refractivity contribution is -0.274. The van der Waals surface area contributed by atoms with Crippen molar-refractivity contribution >= 4 is 5.69 Å². The fourth-order valence-corrected chi connectivity index (χ4v) is 1.53. The number of benzene rings is 1. The lowest BCUT2D eigenvalue weighted by Gasteiger charge is -2.14. The normalized spacial score (nSPS) is 13.0. The van der Waals surface area contributed by atoms with Gasteiger partial charge in [0.05, 0.1) is 12.7 Å². The van der Waals surface area contributed by atoms with E-state index in [0.29, 0.717) is 12.3 Å². The van der Waals surface area contributed by atoms with Gasteiger partial charge in [-0.2, -0.15) is 0 Å². The number of hydrogen-bond acceptors (Lipinski definition) is 4. The second-order valence-corrected chi connectivity index (χ2v) is 4.54. The topological polar surface area (TPSA) is 50.7 Å². The van der Waals surface area contributed by atoms with Gasteiger partial charge < -0.3 is 19.9 Å². The van der Waals surface area contributed by atoms with Gasteiger partial charge in [-0.1, -0.05) is 13.3 Å². The molecule has 1 atom stereocenters. The van der Waals surface area contributed by atoms with E-state index in [-0.39, 0.29) is 18.9 Å². The zero-order chi connectivity index (χ0) is 15.7. The van der Waals surface area contributed by atoms with Gasteiger partial charge >= 0.3 is 6.36 Å². The first kappa shape index (κ1) is 17.6. The Hall–Kier alpha value is -1.47. The third-order valence-corrected chi connectivity index (χ3v) is 2.58. The summed E-state index contributed by atoms with van der Waals surface area (Å²) in [6.07, 6.45) is -3.39. The molecule has 0 aromatic heterocycles. The average Bonchev–Trinajstić information content (AvgIpc) is 2.41. The molecule has 21 heavy (non-hydrogen) atoms. The summed E-state index contributed by atoms with van der Waals surface area (Å²) in [5.74, 6) is -0.281. The van der Waals surface area contributed by atoms with Crippen molar-refractivity contribution in [3.8, 4) is 5.75 Å². The van der Waals surface area contributed by atoms with Crippen LogP contribution < -0.4 is 10.1 Å². The molecule has 0 saturated heterocycles. The maximum absolute atomic E-state index is 12.0. The first-order chi connectivity index (χ1) is 9.90. The quantitative estimate of drug-likeness (QED) is 0.688. The van der Waals surface area contributed by atoms with Crippen LogP contribution in [0.4, 0.5) is 18.9 Å². The van der Waals surface area contributed by atoms with Gasteiger partial charge in [0.25, 0.3) is 0 Å². The molecule has 0 radical (unpaired) electrons. The van der Waals surface area contributed by atoms with Crippen LogP contribution in [0, 0.1) is 0 Å². The molecule has 2 N–H and O–H groups in total. The molecule has 0 amide bonds. The first-order valence-corrected chi connectivity index (χ1v) is 6.76. The van der Waals surface area contributed by atoms with Gasteiger partial charge in [0.1, 0.15) is 5.75 Å². The Balaban J connectivity index is 2.29. The first-order valence-electron chi connectivity index (χ1n) is 6.76. The summed E-state index contributed by atoms with van der Waals surface area (Å²) in [5, 5.41) is 12.6. The van der Waals surface area contributed by atoms with Gasteiger partial charge in [-0.3, -0.25) is 0 Å². The van der Waals surface area contributed by atoms with Crippen molar-refractivity contribution in [3.05, 3.63) is 24.3 Å². The van der Waals surface area contributed by atoms with Crippen molar-refractivity contribution in [2.75, 3.05) is 25.1 Å². The van der Waals surface area contributed by atoms with Crippen LogP contribution in [-0.4, -0.2) is 37.3 Å². The van der Waals surface area contributed by atoms with Gasteiger partial charge in [0.15, 0.2) is 0 Å². The van der Waals surface area contributed by atoms with Crippen LogP contribution in [0.25, 0.3) is 0 Å². The van der Waals surface area contributed by atoms with Crippen LogP contribution in [0.3, 0.4) is 0 Å². The minimum Gasteiger partial charge on any atom is -0.406 e. The van der Waals surface area contributed by atoms with Gasteiger partial charge in [-0.25, -0.2) is 0 Å². The van der Waals surface area contributed by atoms with Crippen molar-refractivity contribution in [1.82, 2.24) is 0 Å². The maximum Gasteiger partial charge on any atom is 0.573 e. The number of aliphatic hydroxyl groups is 1. The summed E-state index contributed by atoms with van der Waals surface area (Å²) in [6.45, 7) is 3.14. The van der Waals surface area contributed by atoms with Crippen molar-refractivity contribution in [3.63, 3.8) is 0 Å². The number of unbranched alkanes of at least 4 members (excludes halogenated alkanes) is 1. The van der Waals surface area contributed by atoms with Crippen LogP contribution in [-0.2, 0) is 4.74 Å². The van der Waals surface area contributed by atoms with Crippen molar-refractivity contribution in [2.24, 2.45) is 0 Å². The molecule has 1 aromatic carbocycles. The highest BCUT2D eigenvalue weighted by molar-refractivity contribution is 5.46. The molecule has 0 fully saturated rings. The number of alkyl halides is 3. The third-order valence-electron chi connectivity index (χ3n) is 2.58. The molecule has 7 heteroatoms. The monoisotopic (exact) mass is 307 g/mol. The SMILES string of the molecule is CCCCOCC(O)CNc1ccc(OC(F)(F)F)cc1. The molecule has 0 bridgehead atoms. The molecular weight excluding hydrogens is 287 g/mol. The van der Waals surface area contributed by atoms with E-state index in [1.165, 1.54) is 24.3 Å². The standard InChI is InChI=1S/C14H20F3NO3/c1-2-3-8-20-10-12(19)9-18-11-4-6-13(7-5-11)21-14(15,16)17/h4-7,12,18-19H,2-3,8-10H2,1H3. The summed E-state index contributed by atoms with van der Waals surface area (Å²) >= 11 is 0. The van der Waals surface area contributed by atoms with Crippen molar-refractivity contribution in [1.29, 1.82) is 0 Å². The lowest BCUT2D eigenvalue weighted by atomic mass is 10.3. The molecule has 1 aromatic rings. The van der Waals surface area contributed by atoms with E-state index in [9.17, 15) is 18.3 Å². The van der Waals surface area contributed by atoms with Gasteiger partial charge in [0, 0.05) is 18.8 Å². The number of hydrogen-bond donors (Lipinski definition) is 2. The molecular formula is C14H20F3NO3. The maximum atomic E-state index is 12.0. The van der Waals surface area contributed by atoms with Crippen LogP contribution in [0.5, 0.6) is 5.75 Å². The van der Waals surface area contributed by atoms with Crippen LogP contribution in [0.15, 0.2) is 24.3 Å². The smallest absolute Gasteiger partial charge is 0.406 e. The van der Waals surface area contributed by atoms with Gasteiger partial charge in [-0.15, -0.1) is 13.2 Å². The number of aliphatic hydroxyl groups excluding tert-OH is 1. The molecule has 0 heterocycles. The molecule has 0 spiro atoms. The highest BCUT2D eigenvalue weighted by atomic mass is 19.4. The summed E-state index contributed by atoms with van der Waals surface area (Å²) in [4.78, 5) is 0. The molecule has 0 aliphatic heterocycles. The van der Waals surface area contributed by atoms with E-state index in [2.05, 4.69) is 10.1 Å². The second kappa shape index (κ2) is 8.74. The Labute approximate surface area is 121 Å². The molecule has 0 aliphatic carbocycles. The van der Waals surface area contributed by atoms with E-state index >= 15 is 0 Å². The number of rotatable bonds is 9. The van der Waals surface area contributed by atoms with E-state index < -0.39 is 12.5 Å². The number of nitrogens with one attached hydrogen (secondary N) is 1. The highest BCUT2D eigenvalue weighted by Gasteiger charge is 2.30. The zero-order valence-corrected chi connectivity index (χ0v) is 11.8. The minimum absolute atomic E-state index is 0.224. The molecule has 120 valence electrons. The van der Waals surface area contributed by atoms with E-state index in [1.807, 2.05) is 6.92 Å². The second-order valence-electron chi connectivity index (χ2n) is 4.54. The number of halogens is 3. The fourth-order valence-electron chi connectivity index (χ4n) is 1.53. The van der Waals surface area contributed by atoms with Crippen LogP contribution in [0.1, 0.15) is 19.8 Å². The molecule has 1 unspecified atom stereocenters. The largest absolute Gasteiger partial charge is 0.573 e. The molecule has 0 aliphatic rings. The van der Waals surface area contributed by atoms with E-state index in [4.69, 9.17) is 4.74 Å². The molecule has 4 nitrogen and oxygen atoms in total. The zero-order valence-electron chi connectivity index (χ0n) is 11.8. The Morgan fingerprint density at radius 3 is 2.48 bits per heavy atom. The fraction of sp³-hybridized carbons (Fsp3) is 0.571. The van der Waals surface area contributed by atoms with Crippen molar-refractivity contribution in [2.45, 2.75) is 32.2 Å². The molecule has 0 saturated carbocycles. The van der Waals surface area contributed by atoms with Crippen LogP contribution in [0.2, 0.25) is 0 Å². The Bertz CT molecular complexity index is 395. The summed E-state index contributed by atoms with van der Waals surface area (Å²) in [6, 6.07) is 5.32. The summed E-state index contributed by atoms with van der Waals surface area (Å²) < 4.78 is 45.0. The predicted octanol–water partition coefficient (Wildman–Crippen LogP) is 3.17. The van der Waals surface area contributed by atoms with E-state index in [0.717, 1.165) is 12.8 Å². The average molecular weight is 307 g/mol. The highest BCUT2D eigenvalue weighted by Crippen LogP contribution is 2.23. The minimum atomic E-state index is -4.69. The van der Waals surface area contributed by atoms with E-state index in [1.54, 1.807) is 0 Å². The Kier molecular flexibility index (Phi) is 7.31. The number of anilines is 1.